The molecule has 0 aliphatic carbocycles. The van der Waals surface area contributed by atoms with E-state index in [1.54, 1.807) is 12.4 Å². The molecule has 0 atom stereocenters. The first-order valence-corrected chi connectivity index (χ1v) is 8.18. The van der Waals surface area contributed by atoms with Crippen LogP contribution in [0.1, 0.15) is 25.4 Å². The number of nitrogens with zero attached hydrogens (tertiary/aromatic N) is 6. The summed E-state index contributed by atoms with van der Waals surface area (Å²) in [4.78, 5) is 13.2. The number of nitrogen functional groups attached to an aromatic ring is 1. The monoisotopic (exact) mass is 327 g/mol. The van der Waals surface area contributed by atoms with Crippen LogP contribution in [0, 0.1) is 0 Å². The lowest BCUT2D eigenvalue weighted by Crippen LogP contribution is -2.13. The lowest BCUT2D eigenvalue weighted by molar-refractivity contribution is 0.794. The number of hydrogen-bond acceptors (Lipinski definition) is 7. The molecule has 8 heteroatoms. The van der Waals surface area contributed by atoms with Gasteiger partial charge in [0.25, 0.3) is 0 Å². The summed E-state index contributed by atoms with van der Waals surface area (Å²) in [6, 6.07) is 5.74. The Morgan fingerprint density at radius 2 is 1.87 bits per heavy atom. The van der Waals surface area contributed by atoms with Crippen molar-refractivity contribution in [1.29, 1.82) is 0 Å². The van der Waals surface area contributed by atoms with Crippen molar-refractivity contribution in [2.75, 3.05) is 5.84 Å². The average Bonchev–Trinajstić information content (AvgIpc) is 2.95. The van der Waals surface area contributed by atoms with E-state index in [-0.39, 0.29) is 0 Å². The van der Waals surface area contributed by atoms with Gasteiger partial charge in [-0.2, -0.15) is 0 Å². The predicted molar refractivity (Wildman–Crippen MR) is 88.3 cm³/mol. The lowest BCUT2D eigenvalue weighted by atomic mass is 10.2. The molecule has 0 radical (unpaired) electrons. The van der Waals surface area contributed by atoms with E-state index >= 15 is 0 Å². The fraction of sp³-hybridized carbons (Fsp3) is 0.267. The number of aromatic nitrogens is 6. The first-order valence-electron chi connectivity index (χ1n) is 7.36. The number of aryl methyl sites for hydroxylation is 2. The van der Waals surface area contributed by atoms with Gasteiger partial charge in [0.2, 0.25) is 5.16 Å². The second-order valence-electron chi connectivity index (χ2n) is 4.83. The molecular formula is C15H17N7S. The smallest absolute Gasteiger partial charge is 0.216 e. The Bertz CT molecular complexity index is 801. The number of hydrogen-bond donors (Lipinski definition) is 1. The van der Waals surface area contributed by atoms with Gasteiger partial charge in [0.15, 0.2) is 11.6 Å². The van der Waals surface area contributed by atoms with Crippen molar-refractivity contribution in [3.8, 4) is 11.4 Å². The van der Waals surface area contributed by atoms with Crippen LogP contribution in [-0.2, 0) is 12.8 Å². The van der Waals surface area contributed by atoms with Gasteiger partial charge in [0.1, 0.15) is 5.03 Å². The molecule has 2 N–H and O–H groups in total. The van der Waals surface area contributed by atoms with Gasteiger partial charge in [-0.3, -0.25) is 4.98 Å². The van der Waals surface area contributed by atoms with Crippen molar-refractivity contribution in [1.82, 2.24) is 29.8 Å². The number of rotatable bonds is 5. The van der Waals surface area contributed by atoms with E-state index in [0.717, 1.165) is 34.9 Å². The van der Waals surface area contributed by atoms with E-state index in [1.807, 2.05) is 25.1 Å². The Morgan fingerprint density at radius 1 is 1.09 bits per heavy atom. The van der Waals surface area contributed by atoms with Crippen LogP contribution < -0.4 is 5.84 Å². The molecule has 0 saturated heterocycles. The van der Waals surface area contributed by atoms with E-state index < -0.39 is 0 Å². The Kier molecular flexibility index (Phi) is 4.52. The maximum Gasteiger partial charge on any atom is 0.216 e. The standard InChI is InChI=1S/C15H17N7S/c1-3-11-9-13(23-15-21-20-12(4-2)22(15)16)19-14(18-11)10-5-7-17-8-6-10/h5-9H,3-4,16H2,1-2H3. The fourth-order valence-electron chi connectivity index (χ4n) is 2.05. The third-order valence-electron chi connectivity index (χ3n) is 3.30. The molecular weight excluding hydrogens is 310 g/mol. The first-order chi connectivity index (χ1) is 11.2. The summed E-state index contributed by atoms with van der Waals surface area (Å²) in [6.45, 7) is 4.05. The molecule has 0 aromatic carbocycles. The normalized spacial score (nSPS) is 10.9. The molecule has 3 aromatic rings. The maximum absolute atomic E-state index is 6.00. The number of pyridine rings is 1. The third kappa shape index (κ3) is 3.31. The van der Waals surface area contributed by atoms with Gasteiger partial charge in [0, 0.05) is 30.1 Å². The van der Waals surface area contributed by atoms with Gasteiger partial charge in [-0.05, 0) is 36.4 Å². The molecule has 0 saturated carbocycles. The van der Waals surface area contributed by atoms with Crippen molar-refractivity contribution >= 4 is 11.8 Å². The van der Waals surface area contributed by atoms with Crippen LogP contribution in [0.3, 0.4) is 0 Å². The Morgan fingerprint density at radius 3 is 2.52 bits per heavy atom. The molecule has 0 aliphatic rings. The average molecular weight is 327 g/mol. The molecule has 0 aliphatic heterocycles. The molecule has 7 nitrogen and oxygen atoms in total. The largest absolute Gasteiger partial charge is 0.336 e. The summed E-state index contributed by atoms with van der Waals surface area (Å²) in [5.41, 5.74) is 1.90. The molecule has 3 rings (SSSR count). The summed E-state index contributed by atoms with van der Waals surface area (Å²) in [6.07, 6.45) is 5.02. The first kappa shape index (κ1) is 15.4. The van der Waals surface area contributed by atoms with Crippen LogP contribution in [-0.4, -0.2) is 29.8 Å². The Balaban J connectivity index is 1.97. The van der Waals surface area contributed by atoms with Crippen molar-refractivity contribution in [2.24, 2.45) is 0 Å². The molecule has 118 valence electrons. The zero-order chi connectivity index (χ0) is 16.2. The second-order valence-corrected chi connectivity index (χ2v) is 5.82. The van der Waals surface area contributed by atoms with Crippen molar-refractivity contribution in [2.45, 2.75) is 36.9 Å². The second kappa shape index (κ2) is 6.74. The van der Waals surface area contributed by atoms with Crippen LogP contribution in [0.2, 0.25) is 0 Å². The molecule has 0 spiro atoms. The van der Waals surface area contributed by atoms with Gasteiger partial charge in [0.05, 0.1) is 0 Å². The minimum atomic E-state index is 0.614. The van der Waals surface area contributed by atoms with Crippen LogP contribution in [0.4, 0.5) is 0 Å². The Hall–Kier alpha value is -2.48. The third-order valence-corrected chi connectivity index (χ3v) is 4.18. The van der Waals surface area contributed by atoms with Gasteiger partial charge >= 0.3 is 0 Å². The van der Waals surface area contributed by atoms with E-state index in [4.69, 9.17) is 5.84 Å². The molecule has 23 heavy (non-hydrogen) atoms. The van der Waals surface area contributed by atoms with Crippen molar-refractivity contribution in [3.05, 3.63) is 42.1 Å². The van der Waals surface area contributed by atoms with Gasteiger partial charge in [-0.1, -0.05) is 13.8 Å². The SMILES string of the molecule is CCc1cc(Sc2nnc(CC)n2N)nc(-c2ccncc2)n1. The molecule has 3 heterocycles. The summed E-state index contributed by atoms with van der Waals surface area (Å²) in [5, 5.41) is 9.60. The zero-order valence-electron chi connectivity index (χ0n) is 13.0. The minimum Gasteiger partial charge on any atom is -0.336 e. The molecule has 3 aromatic heterocycles. The summed E-state index contributed by atoms with van der Waals surface area (Å²) < 4.78 is 1.50. The molecule has 0 bridgehead atoms. The molecule has 0 unspecified atom stereocenters. The zero-order valence-corrected chi connectivity index (χ0v) is 13.8. The van der Waals surface area contributed by atoms with Gasteiger partial charge < -0.3 is 5.84 Å². The van der Waals surface area contributed by atoms with Crippen LogP contribution >= 0.6 is 11.8 Å². The van der Waals surface area contributed by atoms with Crippen molar-refractivity contribution in [3.63, 3.8) is 0 Å². The fourth-order valence-corrected chi connectivity index (χ4v) is 2.85. The summed E-state index contributed by atoms with van der Waals surface area (Å²) in [7, 11) is 0. The Labute approximate surface area is 138 Å². The van der Waals surface area contributed by atoms with E-state index in [9.17, 15) is 0 Å². The van der Waals surface area contributed by atoms with Crippen LogP contribution in [0.5, 0.6) is 0 Å². The van der Waals surface area contributed by atoms with E-state index in [0.29, 0.717) is 11.0 Å². The van der Waals surface area contributed by atoms with E-state index in [2.05, 4.69) is 32.1 Å². The highest BCUT2D eigenvalue weighted by molar-refractivity contribution is 7.99. The highest BCUT2D eigenvalue weighted by Gasteiger charge is 2.13. The summed E-state index contributed by atoms with van der Waals surface area (Å²) in [5.74, 6) is 7.42. The van der Waals surface area contributed by atoms with Crippen LogP contribution in [0.15, 0.2) is 40.8 Å². The maximum atomic E-state index is 6.00. The quantitative estimate of drug-likeness (QED) is 0.566. The lowest BCUT2D eigenvalue weighted by Gasteiger charge is -2.07. The molecule has 0 fully saturated rings. The highest BCUT2D eigenvalue weighted by Crippen LogP contribution is 2.26. The molecule has 0 amide bonds. The van der Waals surface area contributed by atoms with Crippen LogP contribution in [0.25, 0.3) is 11.4 Å². The van der Waals surface area contributed by atoms with Crippen molar-refractivity contribution < 1.29 is 0 Å². The minimum absolute atomic E-state index is 0.614. The van der Waals surface area contributed by atoms with Gasteiger partial charge in [-0.15, -0.1) is 10.2 Å². The van der Waals surface area contributed by atoms with E-state index in [1.165, 1.54) is 16.4 Å². The highest BCUT2D eigenvalue weighted by atomic mass is 32.2. The summed E-state index contributed by atoms with van der Waals surface area (Å²) >= 11 is 1.39. The topological polar surface area (TPSA) is 95.4 Å². The van der Waals surface area contributed by atoms with Gasteiger partial charge in [-0.25, -0.2) is 14.6 Å². The number of nitrogens with two attached hydrogens (primary N) is 1. The predicted octanol–water partition coefficient (Wildman–Crippen LogP) is 2.12.